The lowest BCUT2D eigenvalue weighted by Gasteiger charge is -2.17. The number of terminal acetylenes is 1. The van der Waals surface area contributed by atoms with Gasteiger partial charge in [0, 0.05) is 24.2 Å². The smallest absolute Gasteiger partial charge is 0.254 e. The van der Waals surface area contributed by atoms with Crippen molar-refractivity contribution < 1.29 is 4.79 Å². The Morgan fingerprint density at radius 3 is 2.75 bits per heavy atom. The van der Waals surface area contributed by atoms with E-state index in [1.54, 1.807) is 6.07 Å². The number of benzene rings is 1. The van der Waals surface area contributed by atoms with E-state index in [0.29, 0.717) is 6.04 Å². The fourth-order valence-electron chi connectivity index (χ4n) is 1.76. The highest BCUT2D eigenvalue weighted by molar-refractivity contribution is 5.96. The predicted molar refractivity (Wildman–Crippen MR) is 64.2 cm³/mol. The van der Waals surface area contributed by atoms with Crippen molar-refractivity contribution in [3.8, 4) is 12.3 Å². The van der Waals surface area contributed by atoms with Crippen LogP contribution in [0.3, 0.4) is 0 Å². The second-order valence-corrected chi connectivity index (χ2v) is 4.32. The summed E-state index contributed by atoms with van der Waals surface area (Å²) in [7, 11) is 1.86. The van der Waals surface area contributed by atoms with E-state index >= 15 is 0 Å². The number of amides is 1. The lowest BCUT2D eigenvalue weighted by molar-refractivity contribution is 0.0784. The Kier molecular flexibility index (Phi) is 2.70. The van der Waals surface area contributed by atoms with Crippen molar-refractivity contribution >= 4 is 5.91 Å². The molecule has 1 amide bonds. The number of nitrogens with zero attached hydrogens (tertiary/aromatic N) is 1. The molecule has 1 aliphatic carbocycles. The standard InChI is InChI=1S/C14H15NO/c1-4-11-6-5-10(2)13(9-11)14(16)15(3)12-7-8-12/h1,5-6,9,12H,7-8H2,2-3H3. The summed E-state index contributed by atoms with van der Waals surface area (Å²) in [4.78, 5) is 14.0. The molecule has 1 saturated carbocycles. The Morgan fingerprint density at radius 1 is 1.50 bits per heavy atom. The van der Waals surface area contributed by atoms with Crippen molar-refractivity contribution in [3.05, 3.63) is 34.9 Å². The van der Waals surface area contributed by atoms with Crippen molar-refractivity contribution in [1.29, 1.82) is 0 Å². The minimum absolute atomic E-state index is 0.0806. The van der Waals surface area contributed by atoms with E-state index in [1.807, 2.05) is 31.0 Å². The molecule has 1 aromatic carbocycles. The molecule has 0 bridgehead atoms. The van der Waals surface area contributed by atoms with Crippen LogP contribution in [0.25, 0.3) is 0 Å². The maximum absolute atomic E-state index is 12.2. The first kappa shape index (κ1) is 10.8. The van der Waals surface area contributed by atoms with E-state index in [0.717, 1.165) is 29.5 Å². The Labute approximate surface area is 96.3 Å². The van der Waals surface area contributed by atoms with Crippen molar-refractivity contribution in [1.82, 2.24) is 4.90 Å². The number of carbonyl (C=O) groups is 1. The third kappa shape index (κ3) is 1.94. The van der Waals surface area contributed by atoms with Crippen LogP contribution in [0.5, 0.6) is 0 Å². The molecule has 2 nitrogen and oxygen atoms in total. The zero-order valence-corrected chi connectivity index (χ0v) is 9.66. The molecule has 2 rings (SSSR count). The fraction of sp³-hybridized carbons (Fsp3) is 0.357. The van der Waals surface area contributed by atoms with Crippen molar-refractivity contribution in [3.63, 3.8) is 0 Å². The van der Waals surface area contributed by atoms with Crippen LogP contribution in [0.4, 0.5) is 0 Å². The van der Waals surface area contributed by atoms with Gasteiger partial charge in [-0.05, 0) is 37.5 Å². The SMILES string of the molecule is C#Cc1ccc(C)c(C(=O)N(C)C2CC2)c1. The molecule has 0 saturated heterocycles. The van der Waals surface area contributed by atoms with E-state index in [-0.39, 0.29) is 5.91 Å². The highest BCUT2D eigenvalue weighted by atomic mass is 16.2. The molecule has 1 fully saturated rings. The summed E-state index contributed by atoms with van der Waals surface area (Å²) >= 11 is 0. The normalized spacial score (nSPS) is 14.3. The summed E-state index contributed by atoms with van der Waals surface area (Å²) in [6, 6.07) is 6.00. The van der Waals surface area contributed by atoms with Gasteiger partial charge < -0.3 is 4.90 Å². The zero-order chi connectivity index (χ0) is 11.7. The minimum Gasteiger partial charge on any atom is -0.339 e. The number of hydrogen-bond donors (Lipinski definition) is 0. The van der Waals surface area contributed by atoms with Crippen LogP contribution >= 0.6 is 0 Å². The Hall–Kier alpha value is -1.75. The molecule has 16 heavy (non-hydrogen) atoms. The number of aryl methyl sites for hydroxylation is 1. The Bertz CT molecular complexity index is 466. The highest BCUT2D eigenvalue weighted by Gasteiger charge is 2.30. The molecule has 1 aromatic rings. The summed E-state index contributed by atoms with van der Waals surface area (Å²) in [5.74, 6) is 2.64. The summed E-state index contributed by atoms with van der Waals surface area (Å²) in [6.07, 6.45) is 7.58. The van der Waals surface area contributed by atoms with Crippen LogP contribution in [0.15, 0.2) is 18.2 Å². The molecule has 0 unspecified atom stereocenters. The molecule has 0 heterocycles. The molecule has 0 radical (unpaired) electrons. The van der Waals surface area contributed by atoms with Crippen LogP contribution in [-0.2, 0) is 0 Å². The van der Waals surface area contributed by atoms with Gasteiger partial charge in [-0.15, -0.1) is 6.42 Å². The molecule has 0 aliphatic heterocycles. The highest BCUT2D eigenvalue weighted by Crippen LogP contribution is 2.27. The largest absolute Gasteiger partial charge is 0.339 e. The second kappa shape index (κ2) is 4.02. The maximum atomic E-state index is 12.2. The first-order valence-corrected chi connectivity index (χ1v) is 5.48. The first-order chi connectivity index (χ1) is 7.63. The van der Waals surface area contributed by atoms with Gasteiger partial charge in [0.25, 0.3) is 5.91 Å². The van der Waals surface area contributed by atoms with Crippen LogP contribution < -0.4 is 0 Å². The van der Waals surface area contributed by atoms with Gasteiger partial charge in [-0.25, -0.2) is 0 Å². The summed E-state index contributed by atoms with van der Waals surface area (Å²) < 4.78 is 0. The monoisotopic (exact) mass is 213 g/mol. The average molecular weight is 213 g/mol. The zero-order valence-electron chi connectivity index (χ0n) is 9.66. The van der Waals surface area contributed by atoms with Crippen LogP contribution in [0, 0.1) is 19.3 Å². The molecule has 0 N–H and O–H groups in total. The van der Waals surface area contributed by atoms with Crippen molar-refractivity contribution in [2.24, 2.45) is 0 Å². The number of hydrogen-bond acceptors (Lipinski definition) is 1. The van der Waals surface area contributed by atoms with Gasteiger partial charge in [-0.1, -0.05) is 12.0 Å². The van der Waals surface area contributed by atoms with Gasteiger partial charge in [0.15, 0.2) is 0 Å². The van der Waals surface area contributed by atoms with E-state index < -0.39 is 0 Å². The van der Waals surface area contributed by atoms with Gasteiger partial charge >= 0.3 is 0 Å². The maximum Gasteiger partial charge on any atom is 0.254 e. The topological polar surface area (TPSA) is 20.3 Å². The molecular formula is C14H15NO. The van der Waals surface area contributed by atoms with Crippen molar-refractivity contribution in [2.75, 3.05) is 7.05 Å². The third-order valence-electron chi connectivity index (χ3n) is 3.05. The molecular weight excluding hydrogens is 198 g/mol. The summed E-state index contributed by atoms with van der Waals surface area (Å²) in [6.45, 7) is 1.94. The number of rotatable bonds is 2. The quantitative estimate of drug-likeness (QED) is 0.690. The Morgan fingerprint density at radius 2 is 2.19 bits per heavy atom. The van der Waals surface area contributed by atoms with E-state index in [9.17, 15) is 4.79 Å². The van der Waals surface area contributed by atoms with Crippen LogP contribution in [0.1, 0.15) is 34.3 Å². The van der Waals surface area contributed by atoms with Crippen molar-refractivity contribution in [2.45, 2.75) is 25.8 Å². The lowest BCUT2D eigenvalue weighted by Crippen LogP contribution is -2.29. The van der Waals surface area contributed by atoms with Crippen LogP contribution in [0.2, 0.25) is 0 Å². The fourth-order valence-corrected chi connectivity index (χ4v) is 1.76. The molecule has 82 valence electrons. The van der Waals surface area contributed by atoms with E-state index in [4.69, 9.17) is 6.42 Å². The Balaban J connectivity index is 2.31. The summed E-state index contributed by atoms with van der Waals surface area (Å²) in [5, 5.41) is 0. The average Bonchev–Trinajstić information content (AvgIpc) is 3.12. The van der Waals surface area contributed by atoms with E-state index in [2.05, 4.69) is 5.92 Å². The predicted octanol–water partition coefficient (Wildman–Crippen LogP) is 2.21. The number of carbonyl (C=O) groups excluding carboxylic acids is 1. The lowest BCUT2D eigenvalue weighted by atomic mass is 10.0. The molecule has 0 aromatic heterocycles. The third-order valence-corrected chi connectivity index (χ3v) is 3.05. The molecule has 0 spiro atoms. The van der Waals surface area contributed by atoms with E-state index in [1.165, 1.54) is 0 Å². The molecule has 2 heteroatoms. The molecule has 1 aliphatic rings. The van der Waals surface area contributed by atoms with Crippen LogP contribution in [-0.4, -0.2) is 23.9 Å². The first-order valence-electron chi connectivity index (χ1n) is 5.48. The molecule has 0 atom stereocenters. The van der Waals surface area contributed by atoms with Gasteiger partial charge in [-0.2, -0.15) is 0 Å². The second-order valence-electron chi connectivity index (χ2n) is 4.32. The van der Waals surface area contributed by atoms with Gasteiger partial charge in [0.05, 0.1) is 0 Å². The van der Waals surface area contributed by atoms with Gasteiger partial charge in [-0.3, -0.25) is 4.79 Å². The summed E-state index contributed by atoms with van der Waals surface area (Å²) in [5.41, 5.74) is 2.47. The van der Waals surface area contributed by atoms with Gasteiger partial charge in [0.2, 0.25) is 0 Å². The van der Waals surface area contributed by atoms with Gasteiger partial charge in [0.1, 0.15) is 0 Å². The minimum atomic E-state index is 0.0806.